The van der Waals surface area contributed by atoms with Gasteiger partial charge in [-0.15, -0.1) is 11.3 Å². The largest absolute Gasteiger partial charge is 0.486 e. The second kappa shape index (κ2) is 8.81. The smallest absolute Gasteiger partial charge is 0.289 e. The van der Waals surface area contributed by atoms with E-state index in [0.29, 0.717) is 15.7 Å². The standard InChI is InChI=1S/C21H21FN2O5S2/c1-15-2-9-20(30-15)31(26,27)24-12-10-23(11-13-24)21(25)19-8-7-18(29-19)14-28-17-5-3-16(22)4-6-17/h2-9H,10-14H2,1H3. The first-order chi connectivity index (χ1) is 14.8. The summed E-state index contributed by atoms with van der Waals surface area (Å²) >= 11 is 1.24. The molecule has 1 aromatic carbocycles. The summed E-state index contributed by atoms with van der Waals surface area (Å²) in [7, 11) is -3.54. The van der Waals surface area contributed by atoms with E-state index in [9.17, 15) is 17.6 Å². The molecule has 10 heteroatoms. The van der Waals surface area contributed by atoms with Gasteiger partial charge in [0.25, 0.3) is 15.9 Å². The van der Waals surface area contributed by atoms with Gasteiger partial charge in [0.2, 0.25) is 0 Å². The van der Waals surface area contributed by atoms with Crippen LogP contribution in [-0.2, 0) is 16.6 Å². The highest BCUT2D eigenvalue weighted by molar-refractivity contribution is 7.91. The highest BCUT2D eigenvalue weighted by Crippen LogP contribution is 2.25. The Morgan fingerprint density at radius 1 is 1.06 bits per heavy atom. The van der Waals surface area contributed by atoms with Crippen LogP contribution in [0, 0.1) is 12.7 Å². The summed E-state index contributed by atoms with van der Waals surface area (Å²) in [5.74, 6) is 0.475. The minimum Gasteiger partial charge on any atom is -0.486 e. The molecule has 1 saturated heterocycles. The number of piperazine rings is 1. The highest BCUT2D eigenvalue weighted by atomic mass is 32.2. The Morgan fingerprint density at radius 2 is 1.77 bits per heavy atom. The Balaban J connectivity index is 1.33. The fourth-order valence-electron chi connectivity index (χ4n) is 3.22. The molecule has 1 aliphatic rings. The van der Waals surface area contributed by atoms with Crippen molar-refractivity contribution < 1.29 is 26.8 Å². The van der Waals surface area contributed by atoms with Crippen LogP contribution < -0.4 is 4.74 Å². The first kappa shape index (κ1) is 21.5. The number of hydrogen-bond acceptors (Lipinski definition) is 6. The Morgan fingerprint density at radius 3 is 2.42 bits per heavy atom. The minimum atomic E-state index is -3.54. The van der Waals surface area contributed by atoms with Gasteiger partial charge in [0.05, 0.1) is 0 Å². The Bertz CT molecular complexity index is 1160. The molecule has 1 fully saturated rings. The number of ether oxygens (including phenoxy) is 1. The van der Waals surface area contributed by atoms with Crippen LogP contribution >= 0.6 is 11.3 Å². The van der Waals surface area contributed by atoms with E-state index in [-0.39, 0.29) is 50.3 Å². The van der Waals surface area contributed by atoms with Crippen molar-refractivity contribution in [2.75, 3.05) is 26.2 Å². The van der Waals surface area contributed by atoms with Gasteiger partial charge < -0.3 is 14.1 Å². The minimum absolute atomic E-state index is 0.102. The number of hydrogen-bond donors (Lipinski definition) is 0. The quantitative estimate of drug-likeness (QED) is 0.558. The van der Waals surface area contributed by atoms with E-state index in [1.165, 1.54) is 39.9 Å². The lowest BCUT2D eigenvalue weighted by molar-refractivity contribution is 0.0662. The number of furan rings is 1. The average Bonchev–Trinajstić information content (AvgIpc) is 3.42. The van der Waals surface area contributed by atoms with Gasteiger partial charge in [-0.05, 0) is 55.5 Å². The Labute approximate surface area is 183 Å². The molecule has 4 rings (SSSR count). The third kappa shape index (κ3) is 4.81. The van der Waals surface area contributed by atoms with Crippen LogP contribution in [0.3, 0.4) is 0 Å². The van der Waals surface area contributed by atoms with Gasteiger partial charge in [-0.2, -0.15) is 4.31 Å². The number of carbonyl (C=O) groups is 1. The summed E-state index contributed by atoms with van der Waals surface area (Å²) in [6.45, 7) is 2.99. The summed E-state index contributed by atoms with van der Waals surface area (Å²) < 4.78 is 51.3. The summed E-state index contributed by atoms with van der Waals surface area (Å²) in [5, 5.41) is 0. The monoisotopic (exact) mass is 464 g/mol. The van der Waals surface area contributed by atoms with Crippen molar-refractivity contribution in [1.82, 2.24) is 9.21 Å². The molecular formula is C21H21FN2O5S2. The second-order valence-corrected chi connectivity index (χ2v) is 10.5. The van der Waals surface area contributed by atoms with Crippen LogP contribution in [0.5, 0.6) is 5.75 Å². The molecule has 164 valence electrons. The maximum Gasteiger partial charge on any atom is 0.289 e. The zero-order valence-electron chi connectivity index (χ0n) is 16.8. The third-order valence-corrected chi connectivity index (χ3v) is 8.27. The number of rotatable bonds is 6. The molecule has 3 aromatic rings. The van der Waals surface area contributed by atoms with Crippen LogP contribution in [0.4, 0.5) is 4.39 Å². The van der Waals surface area contributed by atoms with Gasteiger partial charge >= 0.3 is 0 Å². The fraction of sp³-hybridized carbons (Fsp3) is 0.286. The first-order valence-electron chi connectivity index (χ1n) is 9.66. The van der Waals surface area contributed by atoms with Crippen LogP contribution in [0.2, 0.25) is 0 Å². The molecule has 31 heavy (non-hydrogen) atoms. The topological polar surface area (TPSA) is 80.1 Å². The number of amides is 1. The van der Waals surface area contributed by atoms with E-state index in [2.05, 4.69) is 0 Å². The van der Waals surface area contributed by atoms with E-state index in [1.54, 1.807) is 29.2 Å². The fourth-order valence-corrected chi connectivity index (χ4v) is 6.08. The summed E-state index contributed by atoms with van der Waals surface area (Å²) in [6, 6.07) is 12.2. The molecule has 3 heterocycles. The number of nitrogens with zero attached hydrogens (tertiary/aromatic N) is 2. The average molecular weight is 465 g/mol. The molecule has 0 aliphatic carbocycles. The molecule has 7 nitrogen and oxygen atoms in total. The molecule has 0 N–H and O–H groups in total. The molecule has 0 bridgehead atoms. The van der Waals surface area contributed by atoms with Crippen LogP contribution in [0.15, 0.2) is 57.2 Å². The predicted molar refractivity (Wildman–Crippen MR) is 113 cm³/mol. The molecule has 0 atom stereocenters. The summed E-state index contributed by atoms with van der Waals surface area (Å²) in [5.41, 5.74) is 0. The molecule has 1 aliphatic heterocycles. The molecule has 0 radical (unpaired) electrons. The van der Waals surface area contributed by atoms with E-state index in [0.717, 1.165) is 4.88 Å². The Kier molecular flexibility index (Phi) is 6.12. The molecule has 0 saturated carbocycles. The molecule has 0 unspecified atom stereocenters. The maximum absolute atomic E-state index is 12.9. The van der Waals surface area contributed by atoms with Gasteiger partial charge in [0.15, 0.2) is 5.76 Å². The van der Waals surface area contributed by atoms with Crippen LogP contribution in [-0.4, -0.2) is 49.7 Å². The van der Waals surface area contributed by atoms with Gasteiger partial charge in [0.1, 0.15) is 28.1 Å². The van der Waals surface area contributed by atoms with Crippen molar-refractivity contribution in [2.45, 2.75) is 17.7 Å². The number of aryl methyl sites for hydroxylation is 1. The van der Waals surface area contributed by atoms with E-state index in [4.69, 9.17) is 9.15 Å². The summed E-state index contributed by atoms with van der Waals surface area (Å²) in [6.07, 6.45) is 0. The Hall–Kier alpha value is -2.69. The van der Waals surface area contributed by atoms with Crippen molar-refractivity contribution >= 4 is 27.3 Å². The highest BCUT2D eigenvalue weighted by Gasteiger charge is 2.32. The number of carbonyl (C=O) groups excluding carboxylic acids is 1. The number of benzene rings is 1. The van der Waals surface area contributed by atoms with E-state index in [1.807, 2.05) is 6.92 Å². The predicted octanol–water partition coefficient (Wildman–Crippen LogP) is 3.51. The lowest BCUT2D eigenvalue weighted by Crippen LogP contribution is -2.50. The van der Waals surface area contributed by atoms with Crippen molar-refractivity contribution in [2.24, 2.45) is 0 Å². The van der Waals surface area contributed by atoms with Gasteiger partial charge in [-0.25, -0.2) is 12.8 Å². The van der Waals surface area contributed by atoms with Gasteiger partial charge in [0, 0.05) is 31.1 Å². The molecular weight excluding hydrogens is 443 g/mol. The van der Waals surface area contributed by atoms with Crippen LogP contribution in [0.1, 0.15) is 21.2 Å². The molecule has 1 amide bonds. The van der Waals surface area contributed by atoms with Crippen molar-refractivity contribution in [3.63, 3.8) is 0 Å². The van der Waals surface area contributed by atoms with Crippen LogP contribution in [0.25, 0.3) is 0 Å². The first-order valence-corrected chi connectivity index (χ1v) is 11.9. The second-order valence-electron chi connectivity index (χ2n) is 7.07. The zero-order chi connectivity index (χ0) is 22.0. The third-order valence-electron chi connectivity index (χ3n) is 4.90. The molecule has 0 spiro atoms. The summed E-state index contributed by atoms with van der Waals surface area (Å²) in [4.78, 5) is 15.3. The lowest BCUT2D eigenvalue weighted by atomic mass is 10.3. The zero-order valence-corrected chi connectivity index (χ0v) is 18.4. The maximum atomic E-state index is 12.9. The van der Waals surface area contributed by atoms with E-state index < -0.39 is 10.0 Å². The van der Waals surface area contributed by atoms with Gasteiger partial charge in [-0.3, -0.25) is 4.79 Å². The number of sulfonamides is 1. The van der Waals surface area contributed by atoms with Crippen molar-refractivity contribution in [1.29, 1.82) is 0 Å². The van der Waals surface area contributed by atoms with E-state index >= 15 is 0 Å². The van der Waals surface area contributed by atoms with Crippen molar-refractivity contribution in [3.05, 3.63) is 70.7 Å². The number of halogens is 1. The van der Waals surface area contributed by atoms with Crippen molar-refractivity contribution in [3.8, 4) is 5.75 Å². The number of thiophene rings is 1. The normalized spacial score (nSPS) is 15.2. The van der Waals surface area contributed by atoms with Gasteiger partial charge in [-0.1, -0.05) is 0 Å². The lowest BCUT2D eigenvalue weighted by Gasteiger charge is -2.33. The SMILES string of the molecule is Cc1ccc(S(=O)(=O)N2CCN(C(=O)c3ccc(COc4ccc(F)cc4)o3)CC2)s1. The molecule has 2 aromatic heterocycles.